The molecule has 5 heteroatoms. The van der Waals surface area contributed by atoms with Crippen LogP contribution in [0.25, 0.3) is 0 Å². The Balaban J connectivity index is 2.14. The first-order valence-corrected chi connectivity index (χ1v) is 6.86. The molecule has 0 bridgehead atoms. The predicted molar refractivity (Wildman–Crippen MR) is 69.3 cm³/mol. The summed E-state index contributed by atoms with van der Waals surface area (Å²) in [6.45, 7) is 3.64. The van der Waals surface area contributed by atoms with Gasteiger partial charge in [0, 0.05) is 13.0 Å². The zero-order valence-electron chi connectivity index (χ0n) is 11.1. The van der Waals surface area contributed by atoms with E-state index in [0.717, 1.165) is 32.2 Å². The van der Waals surface area contributed by atoms with Crippen LogP contribution in [0.5, 0.6) is 0 Å². The molecular weight excluding hydrogens is 232 g/mol. The third-order valence-electron chi connectivity index (χ3n) is 3.57. The van der Waals surface area contributed by atoms with Crippen molar-refractivity contribution < 1.29 is 14.7 Å². The molecule has 1 amide bonds. The number of carboxylic acids is 1. The Morgan fingerprint density at radius 1 is 1.44 bits per heavy atom. The topological polar surface area (TPSA) is 78.4 Å². The van der Waals surface area contributed by atoms with Crippen LogP contribution in [0.1, 0.15) is 45.4 Å². The van der Waals surface area contributed by atoms with E-state index in [9.17, 15) is 9.59 Å². The summed E-state index contributed by atoms with van der Waals surface area (Å²) < 4.78 is 0. The molecule has 1 rings (SSSR count). The van der Waals surface area contributed by atoms with E-state index in [2.05, 4.69) is 17.6 Å². The highest BCUT2D eigenvalue weighted by atomic mass is 16.4. The average molecular weight is 256 g/mol. The van der Waals surface area contributed by atoms with Gasteiger partial charge in [-0.05, 0) is 38.1 Å². The Labute approximate surface area is 108 Å². The monoisotopic (exact) mass is 256 g/mol. The van der Waals surface area contributed by atoms with Crippen LogP contribution in [0.3, 0.4) is 0 Å². The van der Waals surface area contributed by atoms with Crippen molar-refractivity contribution in [3.05, 3.63) is 0 Å². The summed E-state index contributed by atoms with van der Waals surface area (Å²) >= 11 is 0. The number of hydrogen-bond acceptors (Lipinski definition) is 3. The van der Waals surface area contributed by atoms with Gasteiger partial charge in [0.2, 0.25) is 5.91 Å². The number of aliphatic carboxylic acids is 1. The fraction of sp³-hybridized carbons (Fsp3) is 0.846. The van der Waals surface area contributed by atoms with Crippen LogP contribution < -0.4 is 10.6 Å². The molecule has 104 valence electrons. The van der Waals surface area contributed by atoms with Crippen molar-refractivity contribution in [1.29, 1.82) is 0 Å². The van der Waals surface area contributed by atoms with E-state index in [1.165, 1.54) is 0 Å². The minimum absolute atomic E-state index is 0.0240. The maximum absolute atomic E-state index is 11.7. The molecule has 3 N–H and O–H groups in total. The van der Waals surface area contributed by atoms with Gasteiger partial charge in [-0.3, -0.25) is 9.59 Å². The van der Waals surface area contributed by atoms with E-state index in [-0.39, 0.29) is 18.4 Å². The molecule has 1 aliphatic rings. The molecule has 0 aromatic heterocycles. The molecule has 1 fully saturated rings. The zero-order chi connectivity index (χ0) is 13.4. The summed E-state index contributed by atoms with van der Waals surface area (Å²) in [6.07, 6.45) is 4.73. The normalized spacial score (nSPS) is 20.6. The van der Waals surface area contributed by atoms with Crippen LogP contribution in [0.2, 0.25) is 0 Å². The maximum atomic E-state index is 11.7. The Morgan fingerprint density at radius 3 is 2.78 bits per heavy atom. The molecule has 0 spiro atoms. The van der Waals surface area contributed by atoms with Crippen molar-refractivity contribution in [1.82, 2.24) is 10.6 Å². The first-order chi connectivity index (χ1) is 8.63. The van der Waals surface area contributed by atoms with E-state index < -0.39 is 5.97 Å². The largest absolute Gasteiger partial charge is 0.481 e. The van der Waals surface area contributed by atoms with Gasteiger partial charge < -0.3 is 15.7 Å². The number of rotatable bonds is 8. The molecule has 18 heavy (non-hydrogen) atoms. The quantitative estimate of drug-likeness (QED) is 0.608. The third kappa shape index (κ3) is 5.49. The Bertz CT molecular complexity index is 275. The molecule has 1 heterocycles. The van der Waals surface area contributed by atoms with Crippen molar-refractivity contribution in [3.63, 3.8) is 0 Å². The molecule has 0 aliphatic carbocycles. The predicted octanol–water partition coefficient (Wildman–Crippen LogP) is 1.14. The average Bonchev–Trinajstić information content (AvgIpc) is 2.86. The molecule has 2 atom stereocenters. The van der Waals surface area contributed by atoms with Crippen LogP contribution in [0, 0.1) is 5.92 Å². The Morgan fingerprint density at radius 2 is 2.22 bits per heavy atom. The van der Waals surface area contributed by atoms with Gasteiger partial charge in [0.05, 0.1) is 6.04 Å². The van der Waals surface area contributed by atoms with Crippen LogP contribution in [0.15, 0.2) is 0 Å². The van der Waals surface area contributed by atoms with Gasteiger partial charge in [0.25, 0.3) is 0 Å². The standard InChI is InChI=1S/C13H24N2O3/c1-2-10(5-6-12(16)17)7-9-15-13(18)11-4-3-8-14-11/h10-11,14H,2-9H2,1H3,(H,15,18)(H,16,17)/t10?,11-/m0/s1. The van der Waals surface area contributed by atoms with Gasteiger partial charge in [-0.1, -0.05) is 13.3 Å². The third-order valence-corrected chi connectivity index (χ3v) is 3.57. The highest BCUT2D eigenvalue weighted by molar-refractivity contribution is 5.81. The minimum Gasteiger partial charge on any atom is -0.481 e. The molecule has 1 saturated heterocycles. The molecule has 0 aromatic carbocycles. The second-order valence-electron chi connectivity index (χ2n) is 4.94. The number of carboxylic acid groups (broad SMARTS) is 1. The summed E-state index contributed by atoms with van der Waals surface area (Å²) in [4.78, 5) is 22.2. The lowest BCUT2D eigenvalue weighted by Gasteiger charge is -2.15. The molecule has 0 aromatic rings. The smallest absolute Gasteiger partial charge is 0.303 e. The van der Waals surface area contributed by atoms with Crippen molar-refractivity contribution in [2.45, 2.75) is 51.5 Å². The van der Waals surface area contributed by atoms with Crippen molar-refractivity contribution >= 4 is 11.9 Å². The summed E-state index contributed by atoms with van der Waals surface area (Å²) in [5, 5.41) is 14.7. The second kappa shape index (κ2) is 8.08. The molecule has 0 saturated carbocycles. The van der Waals surface area contributed by atoms with Crippen LogP contribution in [0.4, 0.5) is 0 Å². The number of amides is 1. The number of carbonyl (C=O) groups excluding carboxylic acids is 1. The van der Waals surface area contributed by atoms with Crippen molar-refractivity contribution in [2.75, 3.05) is 13.1 Å². The molecule has 1 unspecified atom stereocenters. The first kappa shape index (κ1) is 15.0. The van der Waals surface area contributed by atoms with Gasteiger partial charge in [-0.2, -0.15) is 0 Å². The molecule has 1 aliphatic heterocycles. The van der Waals surface area contributed by atoms with Gasteiger partial charge >= 0.3 is 5.97 Å². The second-order valence-corrected chi connectivity index (χ2v) is 4.94. The van der Waals surface area contributed by atoms with Crippen molar-refractivity contribution in [2.24, 2.45) is 5.92 Å². The SMILES string of the molecule is CCC(CCNC(=O)[C@@H]1CCCN1)CCC(=O)O. The van der Waals surface area contributed by atoms with Crippen molar-refractivity contribution in [3.8, 4) is 0 Å². The highest BCUT2D eigenvalue weighted by Crippen LogP contribution is 2.14. The van der Waals surface area contributed by atoms with E-state index in [1.54, 1.807) is 0 Å². The summed E-state index contributed by atoms with van der Waals surface area (Å²) in [6, 6.07) is -0.0240. The molecular formula is C13H24N2O3. The highest BCUT2D eigenvalue weighted by Gasteiger charge is 2.21. The van der Waals surface area contributed by atoms with Gasteiger partial charge in [-0.15, -0.1) is 0 Å². The lowest BCUT2D eigenvalue weighted by molar-refractivity contribution is -0.137. The van der Waals surface area contributed by atoms with Crippen LogP contribution in [-0.4, -0.2) is 36.1 Å². The molecule has 0 radical (unpaired) electrons. The lowest BCUT2D eigenvalue weighted by Crippen LogP contribution is -2.41. The van der Waals surface area contributed by atoms with Gasteiger partial charge in [0.1, 0.15) is 0 Å². The Hall–Kier alpha value is -1.10. The van der Waals surface area contributed by atoms with Gasteiger partial charge in [0.15, 0.2) is 0 Å². The zero-order valence-corrected chi connectivity index (χ0v) is 11.1. The van der Waals surface area contributed by atoms with Crippen LogP contribution >= 0.6 is 0 Å². The van der Waals surface area contributed by atoms with E-state index in [1.807, 2.05) is 0 Å². The van der Waals surface area contributed by atoms with E-state index in [4.69, 9.17) is 5.11 Å². The van der Waals surface area contributed by atoms with E-state index in [0.29, 0.717) is 18.9 Å². The number of nitrogens with one attached hydrogen (secondary N) is 2. The number of carbonyl (C=O) groups is 2. The van der Waals surface area contributed by atoms with Crippen LogP contribution in [-0.2, 0) is 9.59 Å². The minimum atomic E-state index is -0.743. The lowest BCUT2D eigenvalue weighted by atomic mass is 9.96. The number of hydrogen-bond donors (Lipinski definition) is 3. The summed E-state index contributed by atoms with van der Waals surface area (Å²) in [5.41, 5.74) is 0. The fourth-order valence-electron chi connectivity index (χ4n) is 2.31. The van der Waals surface area contributed by atoms with Gasteiger partial charge in [-0.25, -0.2) is 0 Å². The Kier molecular flexibility index (Phi) is 6.72. The maximum Gasteiger partial charge on any atom is 0.303 e. The van der Waals surface area contributed by atoms with E-state index >= 15 is 0 Å². The summed E-state index contributed by atoms with van der Waals surface area (Å²) in [7, 11) is 0. The molecule has 5 nitrogen and oxygen atoms in total. The fourth-order valence-corrected chi connectivity index (χ4v) is 2.31. The summed E-state index contributed by atoms with van der Waals surface area (Å²) in [5.74, 6) is -0.272. The first-order valence-electron chi connectivity index (χ1n) is 6.86.